The smallest absolute Gasteiger partial charge is 0.341 e. The van der Waals surface area contributed by atoms with E-state index in [1.54, 1.807) is 13.1 Å². The molecular weight excluding hydrogens is 317 g/mol. The van der Waals surface area contributed by atoms with E-state index in [1.807, 2.05) is 0 Å². The Labute approximate surface area is 140 Å². The van der Waals surface area contributed by atoms with Crippen molar-refractivity contribution in [3.63, 3.8) is 0 Å². The van der Waals surface area contributed by atoms with Crippen molar-refractivity contribution < 1.29 is 18.0 Å². The number of rotatable bonds is 4. The second-order valence-corrected chi connectivity index (χ2v) is 7.08. The molecule has 2 aliphatic rings. The van der Waals surface area contributed by atoms with Crippen LogP contribution in [0.5, 0.6) is 0 Å². The van der Waals surface area contributed by atoms with E-state index in [-0.39, 0.29) is 18.0 Å². The normalized spacial score (nSPS) is 26.4. The summed E-state index contributed by atoms with van der Waals surface area (Å²) in [6.45, 7) is -0.00760. The summed E-state index contributed by atoms with van der Waals surface area (Å²) >= 11 is 0. The Balaban J connectivity index is 1.61. The van der Waals surface area contributed by atoms with E-state index in [2.05, 4.69) is 5.32 Å². The van der Waals surface area contributed by atoms with Gasteiger partial charge in [0.05, 0.1) is 5.56 Å². The zero-order valence-electron chi connectivity index (χ0n) is 13.8. The van der Waals surface area contributed by atoms with Gasteiger partial charge in [0.25, 0.3) is 0 Å². The minimum absolute atomic E-state index is 0.00760. The first-order valence-corrected chi connectivity index (χ1v) is 8.48. The van der Waals surface area contributed by atoms with E-state index in [4.69, 9.17) is 0 Å². The minimum atomic E-state index is -4.39. The highest BCUT2D eigenvalue weighted by Crippen LogP contribution is 2.34. The highest BCUT2D eigenvalue weighted by atomic mass is 19.4. The molecule has 3 rings (SSSR count). The van der Waals surface area contributed by atoms with Crippen LogP contribution in [0.25, 0.3) is 0 Å². The lowest BCUT2D eigenvalue weighted by Gasteiger charge is -2.30. The number of benzene rings is 1. The molecule has 3 nitrogen and oxygen atoms in total. The third-order valence-corrected chi connectivity index (χ3v) is 5.19. The van der Waals surface area contributed by atoms with E-state index in [1.165, 1.54) is 29.9 Å². The van der Waals surface area contributed by atoms with Crippen molar-refractivity contribution in [2.45, 2.75) is 56.9 Å². The van der Waals surface area contributed by atoms with Gasteiger partial charge in [0.2, 0.25) is 5.91 Å². The largest absolute Gasteiger partial charge is 0.416 e. The van der Waals surface area contributed by atoms with Gasteiger partial charge in [-0.3, -0.25) is 4.79 Å². The molecule has 2 atom stereocenters. The summed E-state index contributed by atoms with van der Waals surface area (Å²) in [6.07, 6.45) is 0.368. The van der Waals surface area contributed by atoms with Gasteiger partial charge >= 0.3 is 6.18 Å². The van der Waals surface area contributed by atoms with Crippen LogP contribution >= 0.6 is 0 Å². The summed E-state index contributed by atoms with van der Waals surface area (Å²) in [5.41, 5.74) is -0.518. The summed E-state index contributed by atoms with van der Waals surface area (Å²) in [6, 6.07) is 6.48. The fourth-order valence-corrected chi connectivity index (χ4v) is 4.02. The Kier molecular flexibility index (Phi) is 4.85. The second kappa shape index (κ2) is 6.75. The summed E-state index contributed by atoms with van der Waals surface area (Å²) < 4.78 is 39.2. The van der Waals surface area contributed by atoms with Crippen LogP contribution in [0.2, 0.25) is 0 Å². The maximum absolute atomic E-state index is 13.1. The van der Waals surface area contributed by atoms with Gasteiger partial charge < -0.3 is 10.2 Å². The van der Waals surface area contributed by atoms with E-state index in [0.29, 0.717) is 24.4 Å². The molecule has 2 saturated heterocycles. The molecule has 1 N–H and O–H groups in total. The Morgan fingerprint density at radius 1 is 1.21 bits per heavy atom. The third kappa shape index (κ3) is 3.91. The van der Waals surface area contributed by atoms with Gasteiger partial charge in [-0.25, -0.2) is 0 Å². The molecule has 2 fully saturated rings. The van der Waals surface area contributed by atoms with Crippen LogP contribution in [0.4, 0.5) is 13.2 Å². The van der Waals surface area contributed by atoms with Crippen molar-refractivity contribution in [1.82, 2.24) is 10.2 Å². The number of hydrogen-bond acceptors (Lipinski definition) is 2. The van der Waals surface area contributed by atoms with Gasteiger partial charge in [0, 0.05) is 32.1 Å². The van der Waals surface area contributed by atoms with E-state index < -0.39 is 11.7 Å². The zero-order valence-corrected chi connectivity index (χ0v) is 13.8. The van der Waals surface area contributed by atoms with E-state index >= 15 is 0 Å². The average Bonchev–Trinajstić information content (AvgIpc) is 2.85. The Morgan fingerprint density at radius 2 is 1.83 bits per heavy atom. The van der Waals surface area contributed by atoms with E-state index in [0.717, 1.165) is 18.9 Å². The molecule has 2 aliphatic heterocycles. The molecule has 2 unspecified atom stereocenters. The molecule has 1 aromatic rings. The number of amides is 1. The molecule has 0 radical (unpaired) electrons. The predicted octanol–water partition coefficient (Wildman–Crippen LogP) is 3.58. The summed E-state index contributed by atoms with van der Waals surface area (Å²) in [4.78, 5) is 13.9. The van der Waals surface area contributed by atoms with Gasteiger partial charge in [-0.15, -0.1) is 0 Å². The number of carbonyl (C=O) groups is 1. The second-order valence-electron chi connectivity index (χ2n) is 7.08. The van der Waals surface area contributed by atoms with Crippen LogP contribution in [0, 0.1) is 5.92 Å². The number of hydrogen-bond donors (Lipinski definition) is 1. The molecule has 0 spiro atoms. The number of fused-ring (bicyclic) bond motifs is 2. The quantitative estimate of drug-likeness (QED) is 0.909. The van der Waals surface area contributed by atoms with Crippen LogP contribution in [0.15, 0.2) is 24.3 Å². The van der Waals surface area contributed by atoms with Crippen LogP contribution in [0.3, 0.4) is 0 Å². The monoisotopic (exact) mass is 340 g/mol. The zero-order chi connectivity index (χ0) is 17.3. The summed E-state index contributed by atoms with van der Waals surface area (Å²) in [5, 5.41) is 3.54. The highest BCUT2D eigenvalue weighted by Gasteiger charge is 2.35. The average molecular weight is 340 g/mol. The van der Waals surface area contributed by atoms with Crippen molar-refractivity contribution >= 4 is 5.91 Å². The first-order chi connectivity index (χ1) is 11.3. The molecule has 0 saturated carbocycles. The van der Waals surface area contributed by atoms with Crippen LogP contribution in [-0.2, 0) is 17.5 Å². The van der Waals surface area contributed by atoms with E-state index in [9.17, 15) is 18.0 Å². The van der Waals surface area contributed by atoms with Crippen LogP contribution in [0.1, 0.15) is 43.2 Å². The van der Waals surface area contributed by atoms with Gasteiger partial charge in [-0.05, 0) is 43.2 Å². The van der Waals surface area contributed by atoms with Crippen molar-refractivity contribution in [3.8, 4) is 0 Å². The number of halogens is 3. The Bertz CT molecular complexity index is 590. The van der Waals surface area contributed by atoms with Crippen LogP contribution < -0.4 is 5.32 Å². The van der Waals surface area contributed by atoms with Gasteiger partial charge in [0.15, 0.2) is 0 Å². The Morgan fingerprint density at radius 3 is 2.46 bits per heavy atom. The Hall–Kier alpha value is -1.56. The maximum atomic E-state index is 13.1. The minimum Gasteiger partial charge on any atom is -0.341 e. The molecule has 2 heterocycles. The molecule has 0 aliphatic carbocycles. The van der Waals surface area contributed by atoms with Crippen molar-refractivity contribution in [2.24, 2.45) is 5.92 Å². The van der Waals surface area contributed by atoms with Gasteiger partial charge in [-0.2, -0.15) is 13.2 Å². The number of piperidine rings is 1. The fraction of sp³-hybridized carbons (Fsp3) is 0.611. The standard InChI is InChI=1S/C18H23F3N2O/c1-23(11-13-4-2-3-5-16(13)18(19,20)21)17(24)10-12-8-14-6-7-15(9-12)22-14/h2-5,12,14-15,22H,6-11H2,1H3. The SMILES string of the molecule is CN(Cc1ccccc1C(F)(F)F)C(=O)CC1CC2CCC(C1)N2. The molecule has 2 bridgehead atoms. The number of nitrogens with zero attached hydrogens (tertiary/aromatic N) is 1. The molecule has 1 aromatic carbocycles. The first-order valence-electron chi connectivity index (χ1n) is 8.48. The van der Waals surface area contributed by atoms with Crippen molar-refractivity contribution in [3.05, 3.63) is 35.4 Å². The lowest BCUT2D eigenvalue weighted by atomic mass is 9.89. The number of nitrogens with one attached hydrogen (secondary N) is 1. The maximum Gasteiger partial charge on any atom is 0.416 e. The van der Waals surface area contributed by atoms with Gasteiger partial charge in [-0.1, -0.05) is 18.2 Å². The molecule has 24 heavy (non-hydrogen) atoms. The summed E-state index contributed by atoms with van der Waals surface area (Å²) in [7, 11) is 1.59. The first kappa shape index (κ1) is 17.3. The van der Waals surface area contributed by atoms with Crippen LogP contribution in [-0.4, -0.2) is 29.9 Å². The predicted molar refractivity (Wildman–Crippen MR) is 85.2 cm³/mol. The molecule has 0 aromatic heterocycles. The molecule has 1 amide bonds. The third-order valence-electron chi connectivity index (χ3n) is 5.19. The number of alkyl halides is 3. The van der Waals surface area contributed by atoms with Gasteiger partial charge in [0.1, 0.15) is 0 Å². The molecular formula is C18H23F3N2O. The lowest BCUT2D eigenvalue weighted by molar-refractivity contribution is -0.139. The summed E-state index contributed by atoms with van der Waals surface area (Å²) in [5.74, 6) is 0.273. The number of carbonyl (C=O) groups excluding carboxylic acids is 1. The lowest BCUT2D eigenvalue weighted by Crippen LogP contribution is -2.40. The molecule has 132 valence electrons. The fourth-order valence-electron chi connectivity index (χ4n) is 4.02. The van der Waals surface area contributed by atoms with Crippen molar-refractivity contribution in [1.29, 1.82) is 0 Å². The molecule has 6 heteroatoms. The topological polar surface area (TPSA) is 32.3 Å². The highest BCUT2D eigenvalue weighted by molar-refractivity contribution is 5.76. The van der Waals surface area contributed by atoms with Crippen molar-refractivity contribution in [2.75, 3.05) is 7.05 Å².